The zero-order valence-electron chi connectivity index (χ0n) is 18.8. The number of nitrogens with zero attached hydrogens (tertiary/aromatic N) is 4. The molecule has 1 N–H and O–H groups in total. The predicted molar refractivity (Wildman–Crippen MR) is 116 cm³/mol. The minimum Gasteiger partial charge on any atom is -0.501 e. The predicted octanol–water partition coefficient (Wildman–Crippen LogP) is 2.85. The van der Waals surface area contributed by atoms with Crippen molar-refractivity contribution in [3.05, 3.63) is 69.0 Å². The molecule has 2 heterocycles. The molecule has 0 radical (unpaired) electrons. The largest absolute Gasteiger partial charge is 0.501 e. The Kier molecular flexibility index (Phi) is 6.38. The summed E-state index contributed by atoms with van der Waals surface area (Å²) in [6.07, 6.45) is 0.441. The van der Waals surface area contributed by atoms with Gasteiger partial charge < -0.3 is 9.52 Å². The number of hydrogen-bond acceptors (Lipinski definition) is 8. The summed E-state index contributed by atoms with van der Waals surface area (Å²) < 4.78 is 6.34. The highest BCUT2D eigenvalue weighted by Gasteiger charge is 2.33. The van der Waals surface area contributed by atoms with E-state index >= 15 is 0 Å². The van der Waals surface area contributed by atoms with Crippen LogP contribution in [-0.4, -0.2) is 36.4 Å². The highest BCUT2D eigenvalue weighted by Crippen LogP contribution is 2.28. The lowest BCUT2D eigenvalue weighted by molar-refractivity contribution is 0.0919. The van der Waals surface area contributed by atoms with Crippen LogP contribution in [0, 0.1) is 13.8 Å². The van der Waals surface area contributed by atoms with Crippen molar-refractivity contribution in [2.75, 3.05) is 0 Å². The highest BCUT2D eigenvalue weighted by atomic mass is 16.4. The molecule has 0 aliphatic heterocycles. The van der Waals surface area contributed by atoms with Gasteiger partial charge in [-0.1, -0.05) is 43.7 Å². The summed E-state index contributed by atoms with van der Waals surface area (Å²) >= 11 is 0. The van der Waals surface area contributed by atoms with Crippen LogP contribution in [0.4, 0.5) is 0 Å². The van der Waals surface area contributed by atoms with Gasteiger partial charge in [-0.3, -0.25) is 19.0 Å². The van der Waals surface area contributed by atoms with Crippen LogP contribution in [0.25, 0.3) is 0 Å². The zero-order chi connectivity index (χ0) is 23.6. The fraction of sp³-hybridized carbons (Fsp3) is 0.391. The number of benzene rings is 1. The molecule has 9 heteroatoms. The van der Waals surface area contributed by atoms with Crippen LogP contribution >= 0.6 is 0 Å². The second kappa shape index (κ2) is 8.86. The maximum atomic E-state index is 12.8. The number of aromatic hydroxyl groups is 1. The van der Waals surface area contributed by atoms with Gasteiger partial charge in [-0.2, -0.15) is 0 Å². The van der Waals surface area contributed by atoms with Gasteiger partial charge in [-0.05, 0) is 18.9 Å². The van der Waals surface area contributed by atoms with Crippen LogP contribution in [0.2, 0.25) is 0 Å². The van der Waals surface area contributed by atoms with Crippen molar-refractivity contribution in [3.63, 3.8) is 0 Å². The Hall–Kier alpha value is -3.62. The van der Waals surface area contributed by atoms with Crippen LogP contribution < -0.4 is 5.56 Å². The van der Waals surface area contributed by atoms with E-state index in [9.17, 15) is 19.5 Å². The van der Waals surface area contributed by atoms with Crippen molar-refractivity contribution in [1.82, 2.24) is 19.7 Å². The van der Waals surface area contributed by atoms with Gasteiger partial charge >= 0.3 is 0 Å². The Morgan fingerprint density at radius 2 is 1.75 bits per heavy atom. The number of hydrogen-bond donors (Lipinski definition) is 1. The smallest absolute Gasteiger partial charge is 0.296 e. The molecule has 1 aromatic carbocycles. The molecule has 3 aromatic rings. The summed E-state index contributed by atoms with van der Waals surface area (Å²) in [5, 5.41) is 17.7. The summed E-state index contributed by atoms with van der Waals surface area (Å²) in [7, 11) is 1.44. The number of Topliss-reactive ketones (excluding diaryl/α,β-unsaturated/α-hetero) is 2. The van der Waals surface area contributed by atoms with Gasteiger partial charge in [0.15, 0.2) is 11.5 Å². The highest BCUT2D eigenvalue weighted by molar-refractivity contribution is 5.96. The van der Waals surface area contributed by atoms with Gasteiger partial charge in [-0.25, -0.2) is 4.98 Å². The molecule has 2 aromatic heterocycles. The van der Waals surface area contributed by atoms with Gasteiger partial charge in [0.2, 0.25) is 17.4 Å². The number of carbonyl (C=O) groups excluding carboxylic acids is 2. The summed E-state index contributed by atoms with van der Waals surface area (Å²) in [6, 6.07) is 7.77. The lowest BCUT2D eigenvalue weighted by Crippen LogP contribution is -2.34. The van der Waals surface area contributed by atoms with Crippen molar-refractivity contribution >= 4 is 11.6 Å². The van der Waals surface area contributed by atoms with E-state index < -0.39 is 28.3 Å². The molecular weight excluding hydrogens is 412 g/mol. The Labute approximate surface area is 185 Å². The summed E-state index contributed by atoms with van der Waals surface area (Å²) in [5.41, 5.74) is 0.0936. The summed E-state index contributed by atoms with van der Waals surface area (Å²) in [5.74, 6) is -1.22. The van der Waals surface area contributed by atoms with Crippen LogP contribution in [-0.2, 0) is 18.9 Å². The molecule has 0 unspecified atom stereocenters. The topological polar surface area (TPSA) is 128 Å². The van der Waals surface area contributed by atoms with Crippen LogP contribution in [0.15, 0.2) is 33.5 Å². The molecule has 9 nitrogen and oxygen atoms in total. The van der Waals surface area contributed by atoms with E-state index in [0.29, 0.717) is 6.42 Å². The molecule has 0 aliphatic rings. The Bertz CT molecular complexity index is 1220. The van der Waals surface area contributed by atoms with E-state index in [-0.39, 0.29) is 36.1 Å². The molecule has 0 saturated carbocycles. The number of carbonyl (C=O) groups is 2. The third-order valence-corrected chi connectivity index (χ3v) is 5.26. The average Bonchev–Trinajstić information content (AvgIpc) is 3.17. The normalized spacial score (nSPS) is 11.5. The second-order valence-electron chi connectivity index (χ2n) is 8.52. The van der Waals surface area contributed by atoms with Crippen molar-refractivity contribution in [2.45, 2.75) is 52.4 Å². The van der Waals surface area contributed by atoms with E-state index in [1.54, 1.807) is 20.8 Å². The summed E-state index contributed by atoms with van der Waals surface area (Å²) in [4.78, 5) is 42.4. The van der Waals surface area contributed by atoms with E-state index in [1.807, 2.05) is 31.2 Å². The minimum absolute atomic E-state index is 0.0802. The molecule has 0 fully saturated rings. The number of aromatic nitrogens is 4. The third kappa shape index (κ3) is 4.82. The quantitative estimate of drug-likeness (QED) is 0.532. The summed E-state index contributed by atoms with van der Waals surface area (Å²) in [6.45, 7) is 6.99. The first-order valence-corrected chi connectivity index (χ1v) is 10.2. The molecule has 32 heavy (non-hydrogen) atoms. The monoisotopic (exact) mass is 438 g/mol. The fourth-order valence-corrected chi connectivity index (χ4v) is 3.49. The van der Waals surface area contributed by atoms with Crippen molar-refractivity contribution < 1.29 is 19.1 Å². The van der Waals surface area contributed by atoms with E-state index in [4.69, 9.17) is 4.42 Å². The molecule has 0 bridgehead atoms. The fourth-order valence-electron chi connectivity index (χ4n) is 3.49. The molecule has 0 saturated heterocycles. The number of rotatable bonds is 8. The molecule has 0 atom stereocenters. The molecule has 0 amide bonds. The van der Waals surface area contributed by atoms with E-state index in [0.717, 1.165) is 15.7 Å². The first kappa shape index (κ1) is 23.1. The Balaban J connectivity index is 1.88. The standard InChI is InChI=1S/C23H26N4O5/c1-13-6-8-15(9-7-13)10-11-16(28)18-19(30)21(31)27(5)22(24-18)23(3,4)12-17(29)20-26-25-14(2)32-20/h6-9,30H,10-12H2,1-5H3. The molecular formula is C23H26N4O5. The zero-order valence-corrected chi connectivity index (χ0v) is 18.8. The maximum Gasteiger partial charge on any atom is 0.296 e. The van der Waals surface area contributed by atoms with Gasteiger partial charge in [-0.15, -0.1) is 10.2 Å². The van der Waals surface area contributed by atoms with Crippen molar-refractivity contribution in [3.8, 4) is 5.75 Å². The first-order chi connectivity index (χ1) is 15.0. The molecule has 168 valence electrons. The first-order valence-electron chi connectivity index (χ1n) is 10.2. The van der Waals surface area contributed by atoms with Crippen LogP contribution in [0.5, 0.6) is 5.75 Å². The van der Waals surface area contributed by atoms with E-state index in [1.165, 1.54) is 7.05 Å². The van der Waals surface area contributed by atoms with Crippen LogP contribution in [0.3, 0.4) is 0 Å². The van der Waals surface area contributed by atoms with Gasteiger partial charge in [0.05, 0.1) is 0 Å². The number of aryl methyl sites for hydroxylation is 3. The van der Waals surface area contributed by atoms with Crippen molar-refractivity contribution in [2.24, 2.45) is 7.05 Å². The average molecular weight is 438 g/mol. The lowest BCUT2D eigenvalue weighted by Gasteiger charge is -2.25. The lowest BCUT2D eigenvalue weighted by atomic mass is 9.85. The Morgan fingerprint density at radius 1 is 1.09 bits per heavy atom. The third-order valence-electron chi connectivity index (χ3n) is 5.26. The van der Waals surface area contributed by atoms with Gasteiger partial charge in [0.25, 0.3) is 11.4 Å². The SMILES string of the molecule is Cc1ccc(CCC(=O)c2nc(C(C)(C)CC(=O)c3nnc(C)o3)n(C)c(=O)c2O)cc1. The maximum absolute atomic E-state index is 12.8. The van der Waals surface area contributed by atoms with Gasteiger partial charge in [0, 0.05) is 32.2 Å². The van der Waals surface area contributed by atoms with Gasteiger partial charge in [0.1, 0.15) is 5.82 Å². The van der Waals surface area contributed by atoms with E-state index in [2.05, 4.69) is 15.2 Å². The second-order valence-corrected chi connectivity index (χ2v) is 8.52. The molecule has 0 spiro atoms. The van der Waals surface area contributed by atoms with Crippen LogP contribution in [0.1, 0.15) is 70.7 Å². The Morgan fingerprint density at radius 3 is 2.34 bits per heavy atom. The minimum atomic E-state index is -0.951. The van der Waals surface area contributed by atoms with Crippen molar-refractivity contribution in [1.29, 1.82) is 0 Å². The molecule has 0 aliphatic carbocycles. The number of ketones is 2. The molecule has 3 rings (SSSR count).